The number of piperidine rings is 2. The summed E-state index contributed by atoms with van der Waals surface area (Å²) in [6.07, 6.45) is 14.3. The first-order chi connectivity index (χ1) is 25.3. The summed E-state index contributed by atoms with van der Waals surface area (Å²) in [6.45, 7) is 23.7. The quantitative estimate of drug-likeness (QED) is 0.167. The molecule has 12 fully saturated rings. The third kappa shape index (κ3) is 11.5. The Balaban J connectivity index is 0.0000000956. The molecule has 51 heavy (non-hydrogen) atoms. The van der Waals surface area contributed by atoms with Crippen molar-refractivity contribution in [2.45, 2.75) is 88.4 Å². The Bertz CT molecular complexity index is 799. The third-order valence-corrected chi connectivity index (χ3v) is 14.7. The second-order valence-corrected chi connectivity index (χ2v) is 18.0. The van der Waals surface area contributed by atoms with Gasteiger partial charge in [0.05, 0.1) is 0 Å². The summed E-state index contributed by atoms with van der Waals surface area (Å²) < 4.78 is 0. The van der Waals surface area contributed by atoms with Crippen molar-refractivity contribution in [2.24, 2.45) is 41.4 Å². The highest BCUT2D eigenvalue weighted by Gasteiger charge is 2.33. The molecule has 2 saturated carbocycles. The summed E-state index contributed by atoms with van der Waals surface area (Å²) >= 11 is 0. The van der Waals surface area contributed by atoms with E-state index < -0.39 is 0 Å². The fourth-order valence-electron chi connectivity index (χ4n) is 11.1. The molecule has 0 aromatic rings. The van der Waals surface area contributed by atoms with Gasteiger partial charge in [-0.2, -0.15) is 0 Å². The zero-order valence-corrected chi connectivity index (χ0v) is 32.3. The Morgan fingerprint density at radius 1 is 0.294 bits per heavy atom. The fourth-order valence-corrected chi connectivity index (χ4v) is 11.1. The van der Waals surface area contributed by atoms with Crippen molar-refractivity contribution < 1.29 is 0 Å². The predicted octanol–water partition coefficient (Wildman–Crippen LogP) is -0.0316. The van der Waals surface area contributed by atoms with E-state index in [4.69, 9.17) is 0 Å². The lowest BCUT2D eigenvalue weighted by molar-refractivity contribution is 0.206. The first kappa shape index (κ1) is 38.8. The average Bonchev–Trinajstić information content (AvgIpc) is 3.99. The molecule has 11 nitrogen and oxygen atoms in total. The summed E-state index contributed by atoms with van der Waals surface area (Å²) in [7, 11) is 0. The van der Waals surface area contributed by atoms with Crippen LogP contribution in [-0.4, -0.2) is 153 Å². The number of rotatable bonds is 0. The van der Waals surface area contributed by atoms with Gasteiger partial charge in [-0.3, -0.25) is 4.90 Å². The molecule has 2 aliphatic carbocycles. The molecule has 10 heterocycles. The normalized spacial score (nSPS) is 42.7. The van der Waals surface area contributed by atoms with Crippen molar-refractivity contribution in [2.75, 3.05) is 124 Å². The van der Waals surface area contributed by atoms with Crippen LogP contribution in [-0.2, 0) is 0 Å². The minimum absolute atomic E-state index is 0.804. The minimum Gasteiger partial charge on any atom is -0.316 e. The Morgan fingerprint density at radius 2 is 0.804 bits per heavy atom. The molecule has 12 aliphatic rings. The SMILES string of the molecule is C1CC2CNCC2C1.C1CC2CNCC2CN1.C1CC2CNCCN2C1.C1CNC2CCC2N1.C1CNC2CNCC2C1.C1NCC2CNCC12. The maximum Gasteiger partial charge on any atom is 0.0232 e. The van der Waals surface area contributed by atoms with Crippen LogP contribution in [0.25, 0.3) is 0 Å². The van der Waals surface area contributed by atoms with Crippen LogP contribution in [0.4, 0.5) is 0 Å². The van der Waals surface area contributed by atoms with Crippen LogP contribution in [0.15, 0.2) is 0 Å². The van der Waals surface area contributed by atoms with Gasteiger partial charge < -0.3 is 53.2 Å². The van der Waals surface area contributed by atoms with Gasteiger partial charge in [0.15, 0.2) is 0 Å². The van der Waals surface area contributed by atoms with Gasteiger partial charge in [-0.25, -0.2) is 0 Å². The van der Waals surface area contributed by atoms with Crippen molar-refractivity contribution in [3.05, 3.63) is 0 Å². The predicted molar refractivity (Wildman–Crippen MR) is 211 cm³/mol. The van der Waals surface area contributed by atoms with Crippen LogP contribution < -0.4 is 53.2 Å². The van der Waals surface area contributed by atoms with Crippen LogP contribution in [0.3, 0.4) is 0 Å². The van der Waals surface area contributed by atoms with Crippen molar-refractivity contribution in [1.82, 2.24) is 58.1 Å². The van der Waals surface area contributed by atoms with Gasteiger partial charge in [-0.05, 0) is 184 Å². The molecule has 11 heteroatoms. The van der Waals surface area contributed by atoms with Gasteiger partial charge in [0.1, 0.15) is 0 Å². The molecule has 0 radical (unpaired) electrons. The lowest BCUT2D eigenvalue weighted by atomic mass is 9.85. The van der Waals surface area contributed by atoms with Crippen molar-refractivity contribution in [3.8, 4) is 0 Å². The Morgan fingerprint density at radius 3 is 1.39 bits per heavy atom. The maximum absolute atomic E-state index is 3.52. The minimum atomic E-state index is 0.804. The lowest BCUT2D eigenvalue weighted by Crippen LogP contribution is -2.61. The zero-order chi connectivity index (χ0) is 34.5. The molecule has 0 aromatic carbocycles. The molecule has 10 saturated heterocycles. The highest BCUT2D eigenvalue weighted by atomic mass is 15.2. The summed E-state index contributed by atoms with van der Waals surface area (Å²) in [6, 6.07) is 3.34. The van der Waals surface area contributed by atoms with Gasteiger partial charge in [0, 0.05) is 63.4 Å². The van der Waals surface area contributed by atoms with Crippen LogP contribution in [0.5, 0.6) is 0 Å². The second-order valence-electron chi connectivity index (χ2n) is 18.0. The number of hydrogen-bond acceptors (Lipinski definition) is 11. The Hall–Kier alpha value is -0.440. The van der Waals surface area contributed by atoms with E-state index in [1.165, 1.54) is 189 Å². The molecule has 0 aromatic heterocycles. The standard InChI is InChI=1S/3C7H14N2.C7H13N.2C6H12N2/c1-2-8-4-7-5-9-3-6(1)7;1-2-7-6-8-3-5-9(7)4-1;1-2-6-4-8-5-7(6)9-3-1;1-2-6-4-8-5-7(6)3-1;1-5-2-8-4-6(5)3-7-1;1-2-6-5(1)7-3-4-8-6/h6-9H,1-5H2;7-8H,1-6H2;6-9H,1-5H2;6-8H,1-5H2;2*5-8H,1-4H2. The van der Waals surface area contributed by atoms with Gasteiger partial charge in [0.2, 0.25) is 0 Å². The Labute approximate surface area is 311 Å². The zero-order valence-electron chi connectivity index (χ0n) is 32.3. The van der Waals surface area contributed by atoms with E-state index in [0.717, 1.165) is 65.6 Å². The number of hydrogen-bond donors (Lipinski definition) is 10. The number of nitrogens with one attached hydrogen (secondary N) is 10. The van der Waals surface area contributed by atoms with E-state index in [9.17, 15) is 0 Å². The maximum atomic E-state index is 3.52. The molecular weight excluding hydrogens is 635 g/mol. The molecule has 10 N–H and O–H groups in total. The fraction of sp³-hybridized carbons (Fsp3) is 1.00. The summed E-state index contributed by atoms with van der Waals surface area (Å²) in [4.78, 5) is 2.61. The molecule has 10 aliphatic heterocycles. The molecule has 0 amide bonds. The number of piperazine rings is 2. The van der Waals surface area contributed by atoms with E-state index in [-0.39, 0.29) is 0 Å². The van der Waals surface area contributed by atoms with E-state index in [1.54, 1.807) is 0 Å². The van der Waals surface area contributed by atoms with E-state index in [0.29, 0.717) is 0 Å². The smallest absolute Gasteiger partial charge is 0.0232 e. The summed E-state index contributed by atoms with van der Waals surface area (Å²) in [5, 5.41) is 34.3. The highest BCUT2D eigenvalue weighted by Crippen LogP contribution is 2.33. The first-order valence-corrected chi connectivity index (χ1v) is 22.2. The molecule has 0 bridgehead atoms. The monoisotopic (exact) mass is 714 g/mol. The number of nitrogens with zero attached hydrogens (tertiary/aromatic N) is 1. The molecule has 9 unspecified atom stereocenters. The molecule has 294 valence electrons. The summed E-state index contributed by atoms with van der Waals surface area (Å²) in [5.41, 5.74) is 0. The lowest BCUT2D eigenvalue weighted by Gasteiger charge is -2.41. The molecule has 0 spiro atoms. The van der Waals surface area contributed by atoms with Gasteiger partial charge in [-0.15, -0.1) is 0 Å². The van der Waals surface area contributed by atoms with E-state index in [1.807, 2.05) is 0 Å². The summed E-state index contributed by atoms with van der Waals surface area (Å²) in [5.74, 6) is 6.92. The largest absolute Gasteiger partial charge is 0.316 e. The van der Waals surface area contributed by atoms with Crippen LogP contribution in [0.1, 0.15) is 64.2 Å². The van der Waals surface area contributed by atoms with Crippen LogP contribution in [0.2, 0.25) is 0 Å². The Kier molecular flexibility index (Phi) is 16.0. The van der Waals surface area contributed by atoms with Gasteiger partial charge in [0.25, 0.3) is 0 Å². The van der Waals surface area contributed by atoms with Crippen molar-refractivity contribution in [3.63, 3.8) is 0 Å². The van der Waals surface area contributed by atoms with Gasteiger partial charge in [-0.1, -0.05) is 6.42 Å². The van der Waals surface area contributed by atoms with Crippen LogP contribution >= 0.6 is 0 Å². The van der Waals surface area contributed by atoms with E-state index in [2.05, 4.69) is 58.1 Å². The topological polar surface area (TPSA) is 124 Å². The third-order valence-electron chi connectivity index (χ3n) is 14.7. The van der Waals surface area contributed by atoms with Crippen LogP contribution in [0, 0.1) is 41.4 Å². The van der Waals surface area contributed by atoms with Gasteiger partial charge >= 0.3 is 0 Å². The highest BCUT2D eigenvalue weighted by molar-refractivity contribution is 4.95. The molecule has 12 rings (SSSR count). The second kappa shape index (κ2) is 21.0. The number of fused-ring (bicyclic) bond motifs is 6. The van der Waals surface area contributed by atoms with E-state index >= 15 is 0 Å². The first-order valence-electron chi connectivity index (χ1n) is 22.2. The van der Waals surface area contributed by atoms with Crippen molar-refractivity contribution in [1.29, 1.82) is 0 Å². The molecular formula is C40H79N11. The van der Waals surface area contributed by atoms with Crippen molar-refractivity contribution >= 4 is 0 Å². The molecule has 9 atom stereocenters. The average molecular weight is 714 g/mol.